The summed E-state index contributed by atoms with van der Waals surface area (Å²) in [4.78, 5) is 2.60. The van der Waals surface area contributed by atoms with Gasteiger partial charge in [0, 0.05) is 41.1 Å². The van der Waals surface area contributed by atoms with E-state index in [9.17, 15) is 0 Å². The van der Waals surface area contributed by atoms with Crippen LogP contribution in [0.15, 0.2) is 127 Å². The number of fused-ring (bicyclic) bond motifs is 6. The molecule has 45 heavy (non-hydrogen) atoms. The van der Waals surface area contributed by atoms with Crippen molar-refractivity contribution in [3.63, 3.8) is 0 Å². The smallest absolute Gasteiger partial charge is 0.210 e. The molecular weight excluding hydrogens is 544 g/mol. The van der Waals surface area contributed by atoms with Crippen LogP contribution < -0.4 is 4.90 Å². The highest BCUT2D eigenvalue weighted by Crippen LogP contribution is 2.51. The quantitative estimate of drug-likeness (QED) is 0.171. The Morgan fingerprint density at radius 3 is 2.04 bits per heavy atom. The molecule has 0 aromatic heterocycles. The minimum Gasteiger partial charge on any atom is -0.344 e. The van der Waals surface area contributed by atoms with Crippen LogP contribution in [0.5, 0.6) is 0 Å². The van der Waals surface area contributed by atoms with Gasteiger partial charge in [-0.1, -0.05) is 119 Å². The van der Waals surface area contributed by atoms with Gasteiger partial charge in [0.25, 0.3) is 0 Å². The van der Waals surface area contributed by atoms with Gasteiger partial charge in [-0.25, -0.2) is 0 Å². The zero-order valence-corrected chi connectivity index (χ0v) is 27.6. The molecule has 0 aliphatic carbocycles. The summed E-state index contributed by atoms with van der Waals surface area (Å²) in [6, 6.07) is 38.0. The Labute approximate surface area is 269 Å². The van der Waals surface area contributed by atoms with Crippen molar-refractivity contribution in [3.05, 3.63) is 144 Å². The Balaban J connectivity index is 1.35. The van der Waals surface area contributed by atoms with E-state index >= 15 is 0 Å². The molecule has 2 aliphatic rings. The van der Waals surface area contributed by atoms with E-state index in [1.807, 2.05) is 0 Å². The van der Waals surface area contributed by atoms with E-state index in [4.69, 9.17) is 0 Å². The van der Waals surface area contributed by atoms with Crippen LogP contribution in [0.25, 0.3) is 21.5 Å². The van der Waals surface area contributed by atoms with E-state index in [0.29, 0.717) is 5.92 Å². The third-order valence-electron chi connectivity index (χ3n) is 10.3. The molecule has 5 aromatic carbocycles. The molecule has 2 nitrogen and oxygen atoms in total. The number of hydrogen-bond acceptors (Lipinski definition) is 1. The maximum atomic E-state index is 2.60. The molecule has 0 spiro atoms. The van der Waals surface area contributed by atoms with Crippen molar-refractivity contribution in [3.8, 4) is 0 Å². The SMILES string of the molecule is CC(C)CCN1/C(=C/C=C/C2=[N+](C)c3ccc4ccccc4c3C2(C)Cc2ccccc2)C(C)(C)c2c1ccc1ccccc21. The molecule has 0 radical (unpaired) electrons. The molecule has 0 saturated carbocycles. The fourth-order valence-electron chi connectivity index (χ4n) is 8.12. The Morgan fingerprint density at radius 1 is 0.733 bits per heavy atom. The van der Waals surface area contributed by atoms with E-state index < -0.39 is 0 Å². The molecule has 0 fully saturated rings. The van der Waals surface area contributed by atoms with Crippen molar-refractivity contribution in [2.24, 2.45) is 5.92 Å². The molecule has 0 bridgehead atoms. The molecule has 5 aromatic rings. The van der Waals surface area contributed by atoms with Crippen LogP contribution in [-0.2, 0) is 17.3 Å². The first-order valence-corrected chi connectivity index (χ1v) is 16.6. The molecule has 2 heterocycles. The van der Waals surface area contributed by atoms with Crippen molar-refractivity contribution in [1.29, 1.82) is 0 Å². The zero-order chi connectivity index (χ0) is 31.3. The molecule has 2 heteroatoms. The number of rotatable bonds is 7. The lowest BCUT2D eigenvalue weighted by molar-refractivity contribution is -0.401. The molecule has 0 N–H and O–H groups in total. The van der Waals surface area contributed by atoms with Gasteiger partial charge < -0.3 is 4.90 Å². The van der Waals surface area contributed by atoms with Crippen molar-refractivity contribution >= 4 is 38.6 Å². The molecule has 1 unspecified atom stereocenters. The fraction of sp³-hybridized carbons (Fsp3) is 0.279. The average Bonchev–Trinajstić information content (AvgIpc) is 3.39. The van der Waals surface area contributed by atoms with Crippen molar-refractivity contribution in [1.82, 2.24) is 0 Å². The average molecular weight is 590 g/mol. The van der Waals surface area contributed by atoms with Crippen LogP contribution in [-0.4, -0.2) is 23.9 Å². The summed E-state index contributed by atoms with van der Waals surface area (Å²) in [5, 5.41) is 5.33. The number of nitrogens with zero attached hydrogens (tertiary/aromatic N) is 2. The lowest BCUT2D eigenvalue weighted by Gasteiger charge is -2.28. The van der Waals surface area contributed by atoms with Gasteiger partial charge in [0.05, 0.1) is 5.41 Å². The summed E-state index contributed by atoms with van der Waals surface area (Å²) in [7, 11) is 2.24. The Bertz CT molecular complexity index is 2010. The molecule has 226 valence electrons. The lowest BCUT2D eigenvalue weighted by Crippen LogP contribution is -2.33. The van der Waals surface area contributed by atoms with E-state index in [0.717, 1.165) is 19.4 Å². The standard InChI is InChI=1S/C43H45N2/c1-30(2)27-28-45-37-26-24-32-17-10-12-19-34(32)40(37)42(3,4)38(45)21-14-22-39-43(5,29-31-15-8-7-9-16-31)41-35-20-13-11-18-33(35)23-25-36(41)44(39)6/h7-26,30H,27-29H2,1-6H3/q+1. The summed E-state index contributed by atoms with van der Waals surface area (Å²) in [6.45, 7) is 12.9. The number of hydrogen-bond donors (Lipinski definition) is 0. The topological polar surface area (TPSA) is 6.25 Å². The summed E-state index contributed by atoms with van der Waals surface area (Å²) in [6.07, 6.45) is 9.22. The fourth-order valence-corrected chi connectivity index (χ4v) is 8.12. The highest BCUT2D eigenvalue weighted by atomic mass is 15.2. The maximum Gasteiger partial charge on any atom is 0.210 e. The van der Waals surface area contributed by atoms with E-state index in [2.05, 4.69) is 172 Å². The molecule has 2 aliphatic heterocycles. The van der Waals surface area contributed by atoms with Crippen LogP contribution in [0, 0.1) is 5.92 Å². The van der Waals surface area contributed by atoms with Crippen molar-refractivity contribution < 1.29 is 4.58 Å². The second-order valence-corrected chi connectivity index (χ2v) is 14.2. The van der Waals surface area contributed by atoms with E-state index in [-0.39, 0.29) is 10.8 Å². The van der Waals surface area contributed by atoms with Gasteiger partial charge in [-0.3, -0.25) is 0 Å². The predicted molar refractivity (Wildman–Crippen MR) is 193 cm³/mol. The van der Waals surface area contributed by atoms with Gasteiger partial charge >= 0.3 is 0 Å². The summed E-state index contributed by atoms with van der Waals surface area (Å²) in [5.74, 6) is 0.643. The van der Waals surface area contributed by atoms with Gasteiger partial charge in [-0.15, -0.1) is 0 Å². The summed E-state index contributed by atoms with van der Waals surface area (Å²) < 4.78 is 2.43. The number of allylic oxidation sites excluding steroid dienone is 4. The second kappa shape index (κ2) is 11.2. The van der Waals surface area contributed by atoms with Crippen LogP contribution in [0.4, 0.5) is 11.4 Å². The van der Waals surface area contributed by atoms with Gasteiger partial charge in [0.1, 0.15) is 7.05 Å². The highest BCUT2D eigenvalue weighted by Gasteiger charge is 2.48. The summed E-state index contributed by atoms with van der Waals surface area (Å²) in [5.41, 5.74) is 9.31. The third kappa shape index (κ3) is 4.83. The minimum absolute atomic E-state index is 0.115. The molecule has 1 atom stereocenters. The Morgan fingerprint density at radius 2 is 1.36 bits per heavy atom. The van der Waals surface area contributed by atoms with Crippen molar-refractivity contribution in [2.75, 3.05) is 18.5 Å². The second-order valence-electron chi connectivity index (χ2n) is 14.2. The lowest BCUT2D eigenvalue weighted by atomic mass is 9.73. The van der Waals surface area contributed by atoms with Gasteiger partial charge in [-0.05, 0) is 76.6 Å². The zero-order valence-electron chi connectivity index (χ0n) is 27.6. The molecular formula is C43H45N2+. The Hall–Kier alpha value is -4.43. The van der Waals surface area contributed by atoms with Crippen molar-refractivity contribution in [2.45, 2.75) is 58.3 Å². The van der Waals surface area contributed by atoms with E-state index in [1.54, 1.807) is 0 Å². The molecule has 0 amide bonds. The number of benzene rings is 5. The highest BCUT2D eigenvalue weighted by molar-refractivity contribution is 6.08. The predicted octanol–water partition coefficient (Wildman–Crippen LogP) is 10.5. The first kappa shape index (κ1) is 29.3. The van der Waals surface area contributed by atoms with Gasteiger partial charge in [-0.2, -0.15) is 4.58 Å². The van der Waals surface area contributed by atoms with Crippen LogP contribution >= 0.6 is 0 Å². The first-order valence-electron chi connectivity index (χ1n) is 16.6. The first-order chi connectivity index (χ1) is 21.7. The van der Waals surface area contributed by atoms with E-state index in [1.165, 1.54) is 61.0 Å². The number of anilines is 1. The normalized spacial score (nSPS) is 19.9. The van der Waals surface area contributed by atoms with Crippen LogP contribution in [0.3, 0.4) is 0 Å². The minimum atomic E-state index is -0.178. The maximum absolute atomic E-state index is 2.60. The molecule has 7 rings (SSSR count). The Kier molecular flexibility index (Phi) is 7.28. The summed E-state index contributed by atoms with van der Waals surface area (Å²) >= 11 is 0. The molecule has 0 saturated heterocycles. The van der Waals surface area contributed by atoms with Crippen LogP contribution in [0.2, 0.25) is 0 Å². The monoisotopic (exact) mass is 589 g/mol. The van der Waals surface area contributed by atoms with Crippen LogP contribution in [0.1, 0.15) is 57.7 Å². The van der Waals surface area contributed by atoms with Gasteiger partial charge in [0.2, 0.25) is 5.69 Å². The van der Waals surface area contributed by atoms with Gasteiger partial charge in [0.15, 0.2) is 5.71 Å². The largest absolute Gasteiger partial charge is 0.344 e. The third-order valence-corrected chi connectivity index (χ3v) is 10.3.